The maximum atomic E-state index is 12.6. The number of hydrogen-bond donors (Lipinski definition) is 1. The summed E-state index contributed by atoms with van der Waals surface area (Å²) in [5.74, 6) is -0.574. The van der Waals surface area contributed by atoms with Crippen LogP contribution in [0.25, 0.3) is 0 Å². The molecule has 18 heavy (non-hydrogen) atoms. The first-order valence-electron chi connectivity index (χ1n) is 5.44. The Labute approximate surface area is 102 Å². The van der Waals surface area contributed by atoms with Gasteiger partial charge in [-0.05, 0) is 29.7 Å². The molecule has 6 heteroatoms. The smallest absolute Gasteiger partial charge is 0.416 e. The monoisotopic (exact) mass is 259 g/mol. The lowest BCUT2D eigenvalue weighted by Crippen LogP contribution is -2.36. The van der Waals surface area contributed by atoms with E-state index in [0.717, 1.165) is 17.7 Å². The van der Waals surface area contributed by atoms with Crippen molar-refractivity contribution in [1.29, 1.82) is 0 Å². The number of esters is 1. The molecular formula is C12H12F3NO2. The molecule has 1 aromatic rings. The van der Waals surface area contributed by atoms with E-state index in [0.29, 0.717) is 18.5 Å². The number of hydrogen-bond acceptors (Lipinski definition) is 3. The number of alkyl halides is 3. The highest BCUT2D eigenvalue weighted by Gasteiger charge is 2.34. The summed E-state index contributed by atoms with van der Waals surface area (Å²) >= 11 is 0. The number of carbonyl (C=O) groups excluding carboxylic acids is 1. The highest BCUT2D eigenvalue weighted by atomic mass is 19.4. The summed E-state index contributed by atoms with van der Waals surface area (Å²) in [5, 5.41) is 2.86. The summed E-state index contributed by atoms with van der Waals surface area (Å²) in [7, 11) is 1.21. The van der Waals surface area contributed by atoms with E-state index in [1.165, 1.54) is 13.2 Å². The number of rotatable bonds is 1. The number of fused-ring (bicyclic) bond motifs is 1. The summed E-state index contributed by atoms with van der Waals surface area (Å²) in [6, 6.07) is 2.66. The molecule has 2 rings (SSSR count). The van der Waals surface area contributed by atoms with Crippen molar-refractivity contribution in [3.8, 4) is 0 Å². The molecule has 0 aromatic heterocycles. The fourth-order valence-corrected chi connectivity index (χ4v) is 2.06. The third-order valence-electron chi connectivity index (χ3n) is 2.96. The van der Waals surface area contributed by atoms with Gasteiger partial charge in [-0.1, -0.05) is 6.07 Å². The number of benzene rings is 1. The van der Waals surface area contributed by atoms with E-state index in [-0.39, 0.29) is 0 Å². The Kier molecular flexibility index (Phi) is 3.30. The van der Waals surface area contributed by atoms with Gasteiger partial charge < -0.3 is 10.1 Å². The molecule has 1 aromatic carbocycles. The number of methoxy groups -OCH3 is 1. The Balaban J connectivity index is 2.44. The summed E-state index contributed by atoms with van der Waals surface area (Å²) in [5.41, 5.74) is 0.346. The van der Waals surface area contributed by atoms with E-state index in [2.05, 4.69) is 10.1 Å². The van der Waals surface area contributed by atoms with Gasteiger partial charge >= 0.3 is 12.1 Å². The third kappa shape index (κ3) is 2.33. The van der Waals surface area contributed by atoms with Crippen LogP contribution in [0.2, 0.25) is 0 Å². The number of carbonyl (C=O) groups is 1. The Bertz CT molecular complexity index is 471. The Morgan fingerprint density at radius 1 is 1.44 bits per heavy atom. The molecule has 0 bridgehead atoms. The molecule has 0 aliphatic carbocycles. The minimum absolute atomic E-state index is 0.350. The fourth-order valence-electron chi connectivity index (χ4n) is 2.06. The Morgan fingerprint density at radius 2 is 2.17 bits per heavy atom. The lowest BCUT2D eigenvalue weighted by Gasteiger charge is -2.25. The molecular weight excluding hydrogens is 247 g/mol. The minimum Gasteiger partial charge on any atom is -0.468 e. The highest BCUT2D eigenvalue weighted by molar-refractivity contribution is 5.78. The molecule has 0 fully saturated rings. The van der Waals surface area contributed by atoms with Gasteiger partial charge in [0.25, 0.3) is 0 Å². The van der Waals surface area contributed by atoms with Gasteiger partial charge in [0, 0.05) is 6.54 Å². The second kappa shape index (κ2) is 4.61. The SMILES string of the molecule is COC(=O)C1NCCc2ccc(C(F)(F)F)cc21. The van der Waals surface area contributed by atoms with E-state index in [9.17, 15) is 18.0 Å². The molecule has 1 atom stereocenters. The summed E-state index contributed by atoms with van der Waals surface area (Å²) in [6.45, 7) is 0.540. The average Bonchev–Trinajstić information content (AvgIpc) is 2.35. The molecule has 0 amide bonds. The van der Waals surface area contributed by atoms with Crippen molar-refractivity contribution < 1.29 is 22.7 Å². The van der Waals surface area contributed by atoms with E-state index in [1.54, 1.807) is 0 Å². The molecule has 1 heterocycles. The van der Waals surface area contributed by atoms with Crippen LogP contribution >= 0.6 is 0 Å². The zero-order valence-electron chi connectivity index (χ0n) is 9.67. The zero-order chi connectivity index (χ0) is 13.3. The van der Waals surface area contributed by atoms with Gasteiger partial charge in [-0.3, -0.25) is 0 Å². The van der Waals surface area contributed by atoms with E-state index >= 15 is 0 Å². The number of ether oxygens (including phenoxy) is 1. The highest BCUT2D eigenvalue weighted by Crippen LogP contribution is 2.33. The van der Waals surface area contributed by atoms with Crippen LogP contribution < -0.4 is 5.32 Å². The molecule has 1 aliphatic heterocycles. The maximum absolute atomic E-state index is 12.6. The number of halogens is 3. The van der Waals surface area contributed by atoms with Crippen molar-refractivity contribution in [1.82, 2.24) is 5.32 Å². The van der Waals surface area contributed by atoms with Gasteiger partial charge in [0.15, 0.2) is 0 Å². The van der Waals surface area contributed by atoms with E-state index in [4.69, 9.17) is 0 Å². The third-order valence-corrected chi connectivity index (χ3v) is 2.96. The lowest BCUT2D eigenvalue weighted by atomic mass is 9.92. The van der Waals surface area contributed by atoms with E-state index in [1.807, 2.05) is 0 Å². The van der Waals surface area contributed by atoms with Crippen LogP contribution in [0.15, 0.2) is 18.2 Å². The van der Waals surface area contributed by atoms with Crippen LogP contribution in [0.3, 0.4) is 0 Å². The van der Waals surface area contributed by atoms with E-state index < -0.39 is 23.8 Å². The standard InChI is InChI=1S/C12H12F3NO2/c1-18-11(17)10-9-6-8(12(13,14)15)3-2-7(9)4-5-16-10/h2-3,6,10,16H,4-5H2,1H3. The summed E-state index contributed by atoms with van der Waals surface area (Å²) in [4.78, 5) is 11.5. The van der Waals surface area contributed by atoms with Crippen LogP contribution in [0, 0.1) is 0 Å². The van der Waals surface area contributed by atoms with Crippen molar-refractivity contribution in [3.63, 3.8) is 0 Å². The van der Waals surface area contributed by atoms with Crippen LogP contribution in [0.5, 0.6) is 0 Å². The van der Waals surface area contributed by atoms with Gasteiger partial charge in [0.1, 0.15) is 6.04 Å². The van der Waals surface area contributed by atoms with Crippen molar-refractivity contribution in [2.24, 2.45) is 0 Å². The summed E-state index contributed by atoms with van der Waals surface area (Å²) in [6.07, 6.45) is -3.81. The predicted octanol–water partition coefficient (Wildman–Crippen LogP) is 2.07. The fraction of sp³-hybridized carbons (Fsp3) is 0.417. The maximum Gasteiger partial charge on any atom is 0.416 e. The molecule has 1 N–H and O–H groups in total. The van der Waals surface area contributed by atoms with Crippen LogP contribution in [-0.2, 0) is 22.1 Å². The molecule has 98 valence electrons. The van der Waals surface area contributed by atoms with Crippen molar-refractivity contribution >= 4 is 5.97 Å². The second-order valence-corrected chi connectivity index (χ2v) is 4.07. The largest absolute Gasteiger partial charge is 0.468 e. The number of nitrogens with one attached hydrogen (secondary N) is 1. The second-order valence-electron chi connectivity index (χ2n) is 4.07. The minimum atomic E-state index is -4.41. The van der Waals surface area contributed by atoms with Gasteiger partial charge in [0.05, 0.1) is 12.7 Å². The van der Waals surface area contributed by atoms with Crippen LogP contribution in [0.4, 0.5) is 13.2 Å². The van der Waals surface area contributed by atoms with Gasteiger partial charge in [-0.25, -0.2) is 4.79 Å². The summed E-state index contributed by atoms with van der Waals surface area (Å²) < 4.78 is 42.5. The van der Waals surface area contributed by atoms with Crippen LogP contribution in [0.1, 0.15) is 22.7 Å². The molecule has 3 nitrogen and oxygen atoms in total. The first kappa shape index (κ1) is 12.9. The molecule has 0 spiro atoms. The molecule has 0 saturated carbocycles. The Morgan fingerprint density at radius 3 is 2.78 bits per heavy atom. The van der Waals surface area contributed by atoms with Gasteiger partial charge in [-0.2, -0.15) is 13.2 Å². The van der Waals surface area contributed by atoms with Gasteiger partial charge in [0.2, 0.25) is 0 Å². The molecule has 0 saturated heterocycles. The molecule has 1 aliphatic rings. The average molecular weight is 259 g/mol. The quantitative estimate of drug-likeness (QED) is 0.785. The normalized spacial score (nSPS) is 19.2. The zero-order valence-corrected chi connectivity index (χ0v) is 9.67. The van der Waals surface area contributed by atoms with Crippen molar-refractivity contribution in [3.05, 3.63) is 34.9 Å². The van der Waals surface area contributed by atoms with Crippen molar-refractivity contribution in [2.45, 2.75) is 18.6 Å². The topological polar surface area (TPSA) is 38.3 Å². The van der Waals surface area contributed by atoms with Crippen molar-refractivity contribution in [2.75, 3.05) is 13.7 Å². The van der Waals surface area contributed by atoms with Gasteiger partial charge in [-0.15, -0.1) is 0 Å². The first-order valence-corrected chi connectivity index (χ1v) is 5.44. The predicted molar refractivity (Wildman–Crippen MR) is 57.9 cm³/mol. The first-order chi connectivity index (χ1) is 8.43. The van der Waals surface area contributed by atoms with Crippen LogP contribution in [-0.4, -0.2) is 19.6 Å². The lowest BCUT2D eigenvalue weighted by molar-refractivity contribution is -0.144. The molecule has 0 radical (unpaired) electrons. The molecule has 1 unspecified atom stereocenters. The Hall–Kier alpha value is -1.56.